The Labute approximate surface area is 138 Å². The predicted molar refractivity (Wildman–Crippen MR) is 95.2 cm³/mol. The lowest BCUT2D eigenvalue weighted by atomic mass is 10.1. The molecule has 1 aliphatic rings. The van der Waals surface area contributed by atoms with Crippen molar-refractivity contribution in [1.82, 2.24) is 4.57 Å². The van der Waals surface area contributed by atoms with Gasteiger partial charge in [0.1, 0.15) is 0 Å². The number of para-hydroxylation sites is 2. The van der Waals surface area contributed by atoms with Gasteiger partial charge in [0.05, 0.1) is 19.2 Å². The topological polar surface area (TPSA) is 8.81 Å². The molecule has 118 valence electrons. The largest absolute Gasteiger partial charge is 0.289 e. The van der Waals surface area contributed by atoms with Gasteiger partial charge in [0.2, 0.25) is 0 Å². The Kier molecular flexibility index (Phi) is 3.68. The monoisotopic (exact) mass is 305 g/mol. The number of rotatable bonds is 3. The molecule has 23 heavy (non-hydrogen) atoms. The third kappa shape index (κ3) is 2.46. The van der Waals surface area contributed by atoms with Crippen LogP contribution in [0.4, 0.5) is 0 Å². The summed E-state index contributed by atoms with van der Waals surface area (Å²) in [7, 11) is 2.20. The van der Waals surface area contributed by atoms with E-state index in [0.717, 1.165) is 12.5 Å². The van der Waals surface area contributed by atoms with E-state index in [2.05, 4.69) is 71.6 Å². The van der Waals surface area contributed by atoms with Gasteiger partial charge in [0.25, 0.3) is 5.82 Å². The first-order chi connectivity index (χ1) is 11.3. The molecule has 0 aliphatic heterocycles. The average Bonchev–Trinajstić information content (AvgIpc) is 3.17. The zero-order valence-corrected chi connectivity index (χ0v) is 14.1. The summed E-state index contributed by atoms with van der Waals surface area (Å²) in [6.07, 6.45) is 5.55. The third-order valence-electron chi connectivity index (χ3n) is 5.41. The van der Waals surface area contributed by atoms with Crippen LogP contribution < -0.4 is 4.57 Å². The van der Waals surface area contributed by atoms with Crippen molar-refractivity contribution in [1.29, 1.82) is 0 Å². The lowest BCUT2D eigenvalue weighted by Gasteiger charge is -2.10. The maximum absolute atomic E-state index is 2.56. The second-order valence-electron chi connectivity index (χ2n) is 6.95. The van der Waals surface area contributed by atoms with Crippen LogP contribution in [0.25, 0.3) is 22.4 Å². The van der Waals surface area contributed by atoms with Crippen molar-refractivity contribution in [3.63, 3.8) is 0 Å². The molecule has 1 saturated carbocycles. The van der Waals surface area contributed by atoms with E-state index in [1.165, 1.54) is 53.7 Å². The maximum Gasteiger partial charge on any atom is 0.289 e. The summed E-state index contributed by atoms with van der Waals surface area (Å²) in [6.45, 7) is 3.36. The highest BCUT2D eigenvalue weighted by Gasteiger charge is 2.28. The first kappa shape index (κ1) is 14.5. The van der Waals surface area contributed by atoms with Crippen LogP contribution in [0, 0.1) is 12.8 Å². The van der Waals surface area contributed by atoms with Gasteiger partial charge >= 0.3 is 0 Å². The molecule has 1 aliphatic carbocycles. The highest BCUT2D eigenvalue weighted by atomic mass is 15.2. The van der Waals surface area contributed by atoms with E-state index in [4.69, 9.17) is 0 Å². The first-order valence-corrected chi connectivity index (χ1v) is 8.79. The molecular weight excluding hydrogens is 280 g/mol. The summed E-state index contributed by atoms with van der Waals surface area (Å²) in [4.78, 5) is 0. The number of hydrogen-bond acceptors (Lipinski definition) is 0. The van der Waals surface area contributed by atoms with Crippen LogP contribution in [0.2, 0.25) is 0 Å². The van der Waals surface area contributed by atoms with Crippen molar-refractivity contribution in [3.05, 3.63) is 54.1 Å². The predicted octanol–water partition coefficient (Wildman–Crippen LogP) is 4.63. The van der Waals surface area contributed by atoms with Crippen molar-refractivity contribution < 1.29 is 4.57 Å². The van der Waals surface area contributed by atoms with Gasteiger partial charge in [-0.05, 0) is 49.4 Å². The Morgan fingerprint density at radius 3 is 2.48 bits per heavy atom. The van der Waals surface area contributed by atoms with E-state index in [1.807, 2.05) is 0 Å². The maximum atomic E-state index is 2.56. The SMILES string of the molecule is Cc1ccccc1-c1n(CC2CCCC2)c2ccccc2[n+]1C. The van der Waals surface area contributed by atoms with E-state index < -0.39 is 0 Å². The summed E-state index contributed by atoms with van der Waals surface area (Å²) in [6, 6.07) is 17.6. The fourth-order valence-electron chi connectivity index (χ4n) is 4.17. The summed E-state index contributed by atoms with van der Waals surface area (Å²) in [5.74, 6) is 2.17. The molecule has 1 fully saturated rings. The second-order valence-corrected chi connectivity index (χ2v) is 6.95. The summed E-state index contributed by atoms with van der Waals surface area (Å²) in [5.41, 5.74) is 5.38. The van der Waals surface area contributed by atoms with Gasteiger partial charge in [-0.2, -0.15) is 0 Å². The molecule has 0 bridgehead atoms. The molecule has 2 aromatic carbocycles. The molecule has 3 aromatic rings. The van der Waals surface area contributed by atoms with Crippen LogP contribution >= 0.6 is 0 Å². The third-order valence-corrected chi connectivity index (χ3v) is 5.41. The van der Waals surface area contributed by atoms with Gasteiger partial charge in [0.15, 0.2) is 11.0 Å². The molecule has 0 atom stereocenters. The van der Waals surface area contributed by atoms with E-state index in [0.29, 0.717) is 0 Å². The summed E-state index contributed by atoms with van der Waals surface area (Å²) >= 11 is 0. The van der Waals surface area contributed by atoms with Crippen LogP contribution in [0.1, 0.15) is 31.2 Å². The van der Waals surface area contributed by atoms with Gasteiger partial charge in [-0.15, -0.1) is 0 Å². The van der Waals surface area contributed by atoms with E-state index in [1.54, 1.807) is 0 Å². The molecule has 0 amide bonds. The van der Waals surface area contributed by atoms with Crippen LogP contribution in [0.5, 0.6) is 0 Å². The van der Waals surface area contributed by atoms with Crippen molar-refractivity contribution in [2.45, 2.75) is 39.2 Å². The van der Waals surface area contributed by atoms with Crippen LogP contribution in [0.3, 0.4) is 0 Å². The number of hydrogen-bond donors (Lipinski definition) is 0. The lowest BCUT2D eigenvalue weighted by molar-refractivity contribution is -0.634. The molecular formula is C21H25N2+. The Hall–Kier alpha value is -2.09. The minimum atomic E-state index is 0.827. The number of nitrogens with zero attached hydrogens (tertiary/aromatic N) is 2. The standard InChI is InChI=1S/C21H25N2/c1-16-9-3-6-12-18(16)21-22(2)19-13-7-8-14-20(19)23(21)15-17-10-4-5-11-17/h3,6-9,12-14,17H,4-5,10-11,15H2,1-2H3/q+1. The van der Waals surface area contributed by atoms with Gasteiger partial charge in [-0.3, -0.25) is 0 Å². The molecule has 0 spiro atoms. The van der Waals surface area contributed by atoms with Gasteiger partial charge < -0.3 is 0 Å². The molecule has 1 aromatic heterocycles. The van der Waals surface area contributed by atoms with E-state index >= 15 is 0 Å². The molecule has 0 radical (unpaired) electrons. The summed E-state index contributed by atoms with van der Waals surface area (Å²) in [5, 5.41) is 0. The lowest BCUT2D eigenvalue weighted by Crippen LogP contribution is -2.31. The molecule has 2 nitrogen and oxygen atoms in total. The fraction of sp³-hybridized carbons (Fsp3) is 0.381. The van der Waals surface area contributed by atoms with E-state index in [9.17, 15) is 0 Å². The second kappa shape index (κ2) is 5.84. The minimum absolute atomic E-state index is 0.827. The van der Waals surface area contributed by atoms with Crippen molar-refractivity contribution in [2.24, 2.45) is 13.0 Å². The smallest absolute Gasteiger partial charge is 0.226 e. The van der Waals surface area contributed by atoms with E-state index in [-0.39, 0.29) is 0 Å². The van der Waals surface area contributed by atoms with Crippen molar-refractivity contribution >= 4 is 11.0 Å². The van der Waals surface area contributed by atoms with Gasteiger partial charge in [0, 0.05) is 0 Å². The average molecular weight is 305 g/mol. The Balaban J connectivity index is 1.94. The van der Waals surface area contributed by atoms with Crippen LogP contribution in [-0.2, 0) is 13.6 Å². The zero-order valence-electron chi connectivity index (χ0n) is 14.1. The number of aromatic nitrogens is 2. The molecule has 4 rings (SSSR count). The van der Waals surface area contributed by atoms with Crippen molar-refractivity contribution in [3.8, 4) is 11.4 Å². The van der Waals surface area contributed by atoms with Gasteiger partial charge in [-0.25, -0.2) is 9.13 Å². The Bertz CT molecular complexity index is 838. The number of aryl methyl sites for hydroxylation is 2. The molecule has 0 saturated heterocycles. The molecule has 0 unspecified atom stereocenters. The van der Waals surface area contributed by atoms with Crippen LogP contribution in [0.15, 0.2) is 48.5 Å². The normalized spacial score (nSPS) is 15.6. The molecule has 1 heterocycles. The highest BCUT2D eigenvalue weighted by molar-refractivity contribution is 5.76. The van der Waals surface area contributed by atoms with Crippen LogP contribution in [-0.4, -0.2) is 4.57 Å². The van der Waals surface area contributed by atoms with Gasteiger partial charge in [-0.1, -0.05) is 43.2 Å². The zero-order chi connectivity index (χ0) is 15.8. The quantitative estimate of drug-likeness (QED) is 0.624. The fourth-order valence-corrected chi connectivity index (χ4v) is 4.17. The minimum Gasteiger partial charge on any atom is -0.226 e. The Morgan fingerprint density at radius 1 is 1.00 bits per heavy atom. The van der Waals surface area contributed by atoms with Crippen molar-refractivity contribution in [2.75, 3.05) is 0 Å². The number of benzene rings is 2. The highest BCUT2D eigenvalue weighted by Crippen LogP contribution is 2.31. The molecule has 0 N–H and O–H groups in total. The number of imidazole rings is 1. The summed E-state index contributed by atoms with van der Waals surface area (Å²) < 4.78 is 4.93. The Morgan fingerprint density at radius 2 is 1.70 bits per heavy atom. The first-order valence-electron chi connectivity index (χ1n) is 8.79. The number of fused-ring (bicyclic) bond motifs is 1. The molecule has 2 heteroatoms.